The van der Waals surface area contributed by atoms with E-state index in [-0.39, 0.29) is 23.5 Å². The third-order valence-corrected chi connectivity index (χ3v) is 7.62. The number of quaternary nitrogens is 1. The van der Waals surface area contributed by atoms with Crippen LogP contribution in [0.5, 0.6) is 0 Å². The maximum Gasteiger partial charge on any atom is 0.131 e. The van der Waals surface area contributed by atoms with E-state index in [0.29, 0.717) is 4.48 Å². The van der Waals surface area contributed by atoms with Gasteiger partial charge in [-0.2, -0.15) is 0 Å². The van der Waals surface area contributed by atoms with E-state index in [1.807, 2.05) is 14.1 Å². The van der Waals surface area contributed by atoms with Crippen LogP contribution in [0, 0.1) is 0 Å². The molecule has 0 aliphatic rings. The summed E-state index contributed by atoms with van der Waals surface area (Å²) in [5.41, 5.74) is 0. The molecule has 0 aromatic carbocycles. The maximum atomic E-state index is 10.2. The summed E-state index contributed by atoms with van der Waals surface area (Å²) in [6, 6.07) is 0. The van der Waals surface area contributed by atoms with Crippen molar-refractivity contribution in [2.24, 2.45) is 0 Å². The van der Waals surface area contributed by atoms with Crippen LogP contribution in [0.15, 0.2) is 0 Å². The van der Waals surface area contributed by atoms with Crippen LogP contribution in [0.25, 0.3) is 0 Å². The predicted octanol–water partition coefficient (Wildman–Crippen LogP) is 5.90. The minimum atomic E-state index is -1.55. The number of nitrogens with zero attached hydrogens (tertiary/aromatic N) is 1. The number of aliphatic hydroxyl groups is 5. The van der Waals surface area contributed by atoms with Gasteiger partial charge in [0.15, 0.2) is 0 Å². The monoisotopic (exact) mass is 598 g/mol. The van der Waals surface area contributed by atoms with E-state index in [2.05, 4.69) is 6.92 Å². The van der Waals surface area contributed by atoms with Gasteiger partial charge in [-0.15, -0.1) is 17.0 Å². The quantitative estimate of drug-likeness (QED) is 0.0598. The highest BCUT2D eigenvalue weighted by molar-refractivity contribution is 8.93. The van der Waals surface area contributed by atoms with Crippen molar-refractivity contribution in [2.75, 3.05) is 33.8 Å². The molecule has 4 atom stereocenters. The number of likely N-dealkylation sites (N-methyl/N-ethyl adjacent to an activating group) is 1. The second-order valence-corrected chi connectivity index (χ2v) is 11.9. The first-order valence-corrected chi connectivity index (χ1v) is 15.4. The average Bonchev–Trinajstić information content (AvgIpc) is 2.85. The fourth-order valence-corrected chi connectivity index (χ4v) is 5.06. The van der Waals surface area contributed by atoms with Crippen LogP contribution in [-0.2, 0) is 0 Å². The lowest BCUT2D eigenvalue weighted by Crippen LogP contribution is -2.54. The first-order chi connectivity index (χ1) is 17.2. The van der Waals surface area contributed by atoms with E-state index in [9.17, 15) is 20.4 Å². The average molecular weight is 600 g/mol. The molecule has 4 unspecified atom stereocenters. The van der Waals surface area contributed by atoms with Crippen LogP contribution in [0.1, 0.15) is 135 Å². The zero-order valence-electron chi connectivity index (χ0n) is 24.7. The van der Waals surface area contributed by atoms with Gasteiger partial charge in [-0.05, 0) is 12.8 Å². The van der Waals surface area contributed by atoms with Crippen molar-refractivity contribution in [3.8, 4) is 0 Å². The minimum absolute atomic E-state index is 0. The highest BCUT2D eigenvalue weighted by Crippen LogP contribution is 2.16. The smallest absolute Gasteiger partial charge is 0.131 e. The molecule has 0 aliphatic heterocycles. The van der Waals surface area contributed by atoms with Crippen molar-refractivity contribution in [2.45, 2.75) is 160 Å². The van der Waals surface area contributed by atoms with Crippen LogP contribution in [0.3, 0.4) is 0 Å². The second kappa shape index (κ2) is 26.5. The van der Waals surface area contributed by atoms with E-state index in [1.165, 1.54) is 122 Å². The van der Waals surface area contributed by atoms with Crippen LogP contribution >= 0.6 is 17.0 Å². The van der Waals surface area contributed by atoms with Crippen molar-refractivity contribution in [1.82, 2.24) is 0 Å². The van der Waals surface area contributed by atoms with Crippen LogP contribution in [0.2, 0.25) is 0 Å². The Kier molecular flexibility index (Phi) is 28.2. The molecule has 226 valence electrons. The summed E-state index contributed by atoms with van der Waals surface area (Å²) >= 11 is 0. The SMILES string of the molecule is Br.CCCCCCCCCCCCCCCCCCCCCC[N+](C)(C)CC(O)C(O)C(O)C(O)CO. The molecule has 0 saturated carbocycles. The first-order valence-electron chi connectivity index (χ1n) is 15.4. The standard InChI is InChI=1S/C30H64NO5.BrH/c1-4-5-6-7-8-9-10-11-12-13-14-15-16-17-18-19-20-21-22-23-24-31(2,3)25-27(33)29(35)30(36)28(34)26-32;/h27-30,32-36H,4-26H2,1-3H3;1H/q+1;. The molecule has 0 aromatic heterocycles. The van der Waals surface area contributed by atoms with Gasteiger partial charge in [0.2, 0.25) is 0 Å². The Morgan fingerprint density at radius 2 is 0.784 bits per heavy atom. The van der Waals surface area contributed by atoms with Gasteiger partial charge in [0.1, 0.15) is 31.0 Å². The third-order valence-electron chi connectivity index (χ3n) is 7.62. The molecule has 0 spiro atoms. The molecule has 0 aliphatic carbocycles. The molecule has 5 N–H and O–H groups in total. The largest absolute Gasteiger partial charge is 0.394 e. The summed E-state index contributed by atoms with van der Waals surface area (Å²) in [4.78, 5) is 0. The Balaban J connectivity index is 0. The Labute approximate surface area is 240 Å². The number of hydrogen-bond acceptors (Lipinski definition) is 5. The second-order valence-electron chi connectivity index (χ2n) is 11.9. The summed E-state index contributed by atoms with van der Waals surface area (Å²) < 4.78 is 0.541. The van der Waals surface area contributed by atoms with E-state index in [4.69, 9.17) is 5.11 Å². The number of halogens is 1. The number of aliphatic hydroxyl groups excluding tert-OH is 5. The Morgan fingerprint density at radius 3 is 1.11 bits per heavy atom. The molecule has 37 heavy (non-hydrogen) atoms. The zero-order valence-corrected chi connectivity index (χ0v) is 26.4. The van der Waals surface area contributed by atoms with Crippen molar-refractivity contribution in [1.29, 1.82) is 0 Å². The van der Waals surface area contributed by atoms with E-state index in [1.54, 1.807) is 0 Å². The summed E-state index contributed by atoms with van der Waals surface area (Å²) in [6.45, 7) is 2.81. The molecule has 0 aromatic rings. The fourth-order valence-electron chi connectivity index (χ4n) is 5.06. The van der Waals surface area contributed by atoms with Gasteiger partial charge in [0.25, 0.3) is 0 Å². The minimum Gasteiger partial charge on any atom is -0.394 e. The van der Waals surface area contributed by atoms with E-state index in [0.717, 1.165) is 13.0 Å². The van der Waals surface area contributed by atoms with Gasteiger partial charge in [-0.25, -0.2) is 0 Å². The Bertz CT molecular complexity index is 469. The Morgan fingerprint density at radius 1 is 0.486 bits per heavy atom. The van der Waals surface area contributed by atoms with E-state index >= 15 is 0 Å². The van der Waals surface area contributed by atoms with Crippen molar-refractivity contribution in [3.05, 3.63) is 0 Å². The number of rotatable bonds is 27. The Hall–Kier alpha value is 0.240. The number of unbranched alkanes of at least 4 members (excludes halogenated alkanes) is 19. The third kappa shape index (κ3) is 23.8. The van der Waals surface area contributed by atoms with Crippen molar-refractivity contribution >= 4 is 17.0 Å². The van der Waals surface area contributed by atoms with E-state index < -0.39 is 31.0 Å². The molecule has 0 saturated heterocycles. The van der Waals surface area contributed by atoms with Crippen LogP contribution in [0.4, 0.5) is 0 Å². The molecule has 6 nitrogen and oxygen atoms in total. The molecular formula is C30H65BrNO5+. The van der Waals surface area contributed by atoms with Crippen molar-refractivity contribution in [3.63, 3.8) is 0 Å². The summed E-state index contributed by atoms with van der Waals surface area (Å²) in [6.07, 6.45) is 21.6. The normalized spacial score (nSPS) is 15.2. The highest BCUT2D eigenvalue weighted by Gasteiger charge is 2.33. The van der Waals surface area contributed by atoms with Crippen LogP contribution in [-0.4, -0.2) is 88.2 Å². The van der Waals surface area contributed by atoms with Gasteiger partial charge in [-0.1, -0.05) is 122 Å². The lowest BCUT2D eigenvalue weighted by Gasteiger charge is -2.34. The molecular weight excluding hydrogens is 534 g/mol. The summed E-state index contributed by atoms with van der Waals surface area (Å²) in [7, 11) is 4.00. The summed E-state index contributed by atoms with van der Waals surface area (Å²) in [5.74, 6) is 0. The summed E-state index contributed by atoms with van der Waals surface area (Å²) in [5, 5.41) is 48.3. The lowest BCUT2D eigenvalue weighted by molar-refractivity contribution is -0.894. The van der Waals surface area contributed by atoms with Gasteiger partial charge in [0.05, 0.1) is 27.2 Å². The molecule has 0 heterocycles. The fraction of sp³-hybridized carbons (Fsp3) is 1.00. The molecule has 0 amide bonds. The molecule has 0 bridgehead atoms. The molecule has 0 fully saturated rings. The van der Waals surface area contributed by atoms with Crippen molar-refractivity contribution < 1.29 is 30.0 Å². The van der Waals surface area contributed by atoms with Gasteiger partial charge >= 0.3 is 0 Å². The van der Waals surface area contributed by atoms with Gasteiger partial charge in [-0.3, -0.25) is 0 Å². The first kappa shape index (κ1) is 39.4. The highest BCUT2D eigenvalue weighted by atomic mass is 79.9. The predicted molar refractivity (Wildman–Crippen MR) is 161 cm³/mol. The number of hydrogen-bond donors (Lipinski definition) is 5. The van der Waals surface area contributed by atoms with Crippen LogP contribution < -0.4 is 0 Å². The zero-order chi connectivity index (χ0) is 27.1. The lowest BCUT2D eigenvalue weighted by atomic mass is 10.0. The molecule has 0 rings (SSSR count). The topological polar surface area (TPSA) is 101 Å². The maximum absolute atomic E-state index is 10.2. The van der Waals surface area contributed by atoms with Gasteiger partial charge < -0.3 is 30.0 Å². The van der Waals surface area contributed by atoms with Gasteiger partial charge in [0, 0.05) is 0 Å². The molecule has 0 radical (unpaired) electrons. The molecule has 7 heteroatoms.